The van der Waals surface area contributed by atoms with Gasteiger partial charge in [-0.2, -0.15) is 10.5 Å². The Morgan fingerprint density at radius 3 is 2.44 bits per heavy atom. The van der Waals surface area contributed by atoms with Crippen molar-refractivity contribution >= 4 is 37.6 Å². The van der Waals surface area contributed by atoms with Crippen molar-refractivity contribution in [2.45, 2.75) is 19.3 Å². The van der Waals surface area contributed by atoms with E-state index in [4.69, 9.17) is 4.74 Å². The van der Waals surface area contributed by atoms with Crippen LogP contribution in [0.3, 0.4) is 0 Å². The third kappa shape index (κ3) is 4.95. The molecule has 12 nitrogen and oxygen atoms in total. The van der Waals surface area contributed by atoms with E-state index in [0.717, 1.165) is 28.2 Å². The second kappa shape index (κ2) is 10.0. The number of imidazole rings is 1. The molecule has 0 radical (unpaired) electrons. The molecule has 0 aliphatic rings. The van der Waals surface area contributed by atoms with E-state index in [-0.39, 0.29) is 11.6 Å². The van der Waals surface area contributed by atoms with E-state index < -0.39 is 15.4 Å². The quantitative estimate of drug-likeness (QED) is 0.304. The Hall–Kier alpha value is -5.27. The molecule has 0 atom stereocenters. The second-order valence-electron chi connectivity index (χ2n) is 9.92. The number of hydrogen-bond acceptors (Lipinski definition) is 9. The summed E-state index contributed by atoms with van der Waals surface area (Å²) in [6.45, 7) is 3.59. The number of nitrogens with one attached hydrogen (secondary N) is 1. The van der Waals surface area contributed by atoms with E-state index in [1.54, 1.807) is 56.2 Å². The highest BCUT2D eigenvalue weighted by atomic mass is 32.2. The lowest BCUT2D eigenvalue weighted by Gasteiger charge is -2.15. The summed E-state index contributed by atoms with van der Waals surface area (Å²) >= 11 is 0. The average Bonchev–Trinajstić information content (AvgIpc) is 3.23. The first-order valence-corrected chi connectivity index (χ1v) is 14.2. The number of benzene rings is 1. The molecule has 4 heterocycles. The summed E-state index contributed by atoms with van der Waals surface area (Å²) in [5, 5.41) is 19.8. The van der Waals surface area contributed by atoms with Crippen LogP contribution in [0.25, 0.3) is 38.8 Å². The summed E-state index contributed by atoms with van der Waals surface area (Å²) in [6, 6.07) is 13.2. The molecule has 0 saturated heterocycles. The smallest absolute Gasteiger partial charge is 0.238 e. The Kier molecular flexibility index (Phi) is 6.69. The van der Waals surface area contributed by atoms with E-state index in [2.05, 4.69) is 30.7 Å². The molecule has 0 amide bonds. The number of fused-ring (bicyclic) bond motifs is 3. The Bertz CT molecular complexity index is 2100. The molecule has 0 spiro atoms. The lowest BCUT2D eigenvalue weighted by atomic mass is 9.91. The van der Waals surface area contributed by atoms with Gasteiger partial charge >= 0.3 is 0 Å². The van der Waals surface area contributed by atoms with Crippen LogP contribution in [0, 0.1) is 22.8 Å². The van der Waals surface area contributed by atoms with Crippen molar-refractivity contribution in [1.29, 1.82) is 10.5 Å². The SMILES string of the molecule is COc1ncc(-c2ccc3ncc4c(c3c2)n(-c2ccc(C(C)(C)C#N)nc2)c(=NC#N)n4C)cc1NS(C)(=O)=O. The third-order valence-corrected chi connectivity index (χ3v) is 7.24. The molecule has 4 aromatic heterocycles. The fourth-order valence-electron chi connectivity index (χ4n) is 4.59. The van der Waals surface area contributed by atoms with Crippen LogP contribution in [0.5, 0.6) is 5.88 Å². The molecule has 206 valence electrons. The highest BCUT2D eigenvalue weighted by molar-refractivity contribution is 7.92. The summed E-state index contributed by atoms with van der Waals surface area (Å²) in [5.74, 6) is 0.142. The first kappa shape index (κ1) is 27.3. The molecule has 0 aliphatic heterocycles. The van der Waals surface area contributed by atoms with Gasteiger partial charge in [0.2, 0.25) is 27.7 Å². The van der Waals surface area contributed by atoms with E-state index >= 15 is 0 Å². The van der Waals surface area contributed by atoms with Crippen molar-refractivity contribution in [2.24, 2.45) is 12.0 Å². The minimum absolute atomic E-state index is 0.142. The lowest BCUT2D eigenvalue weighted by Crippen LogP contribution is -2.23. The highest BCUT2D eigenvalue weighted by Crippen LogP contribution is 2.33. The molecular weight excluding hydrogens is 542 g/mol. The number of aromatic nitrogens is 5. The lowest BCUT2D eigenvalue weighted by molar-refractivity contribution is 0.400. The first-order valence-electron chi connectivity index (χ1n) is 12.3. The van der Waals surface area contributed by atoms with E-state index in [1.165, 1.54) is 7.11 Å². The van der Waals surface area contributed by atoms with Crippen molar-refractivity contribution in [3.63, 3.8) is 0 Å². The zero-order chi connectivity index (χ0) is 29.5. The number of pyridine rings is 3. The molecule has 1 N–H and O–H groups in total. The van der Waals surface area contributed by atoms with E-state index in [9.17, 15) is 18.9 Å². The minimum atomic E-state index is -3.58. The Labute approximate surface area is 235 Å². The fraction of sp³-hybridized carbons (Fsp3) is 0.214. The van der Waals surface area contributed by atoms with Crippen LogP contribution < -0.4 is 15.1 Å². The van der Waals surface area contributed by atoms with Gasteiger partial charge in [-0.25, -0.2) is 13.4 Å². The maximum atomic E-state index is 11.9. The van der Waals surface area contributed by atoms with Gasteiger partial charge in [0.1, 0.15) is 5.69 Å². The average molecular weight is 568 g/mol. The number of sulfonamides is 1. The summed E-state index contributed by atoms with van der Waals surface area (Å²) < 4.78 is 35.1. The number of ether oxygens (including phenoxy) is 1. The molecule has 5 aromatic rings. The van der Waals surface area contributed by atoms with Crippen LogP contribution in [0.15, 0.2) is 60.0 Å². The third-order valence-electron chi connectivity index (χ3n) is 6.65. The molecule has 0 aliphatic carbocycles. The van der Waals surface area contributed by atoms with Gasteiger partial charge < -0.3 is 9.30 Å². The second-order valence-corrected chi connectivity index (χ2v) is 11.7. The van der Waals surface area contributed by atoms with Gasteiger partial charge in [-0.05, 0) is 49.7 Å². The number of anilines is 1. The molecule has 13 heteroatoms. The predicted octanol–water partition coefficient (Wildman–Crippen LogP) is 3.54. The van der Waals surface area contributed by atoms with E-state index in [0.29, 0.717) is 28.1 Å². The van der Waals surface area contributed by atoms with Crippen molar-refractivity contribution < 1.29 is 13.2 Å². The van der Waals surface area contributed by atoms with Gasteiger partial charge in [-0.1, -0.05) is 6.07 Å². The molecule has 5 rings (SSSR count). The van der Waals surface area contributed by atoms with Crippen LogP contribution >= 0.6 is 0 Å². The molecule has 0 bridgehead atoms. The molecular formula is C28H25N9O3S. The molecule has 41 heavy (non-hydrogen) atoms. The van der Waals surface area contributed by atoms with Crippen molar-refractivity contribution in [3.05, 3.63) is 66.3 Å². The van der Waals surface area contributed by atoms with Gasteiger partial charge in [0.15, 0.2) is 0 Å². The number of aryl methyl sites for hydroxylation is 1. The van der Waals surface area contributed by atoms with Gasteiger partial charge in [-0.3, -0.25) is 19.3 Å². The van der Waals surface area contributed by atoms with Gasteiger partial charge in [0.25, 0.3) is 0 Å². The highest BCUT2D eigenvalue weighted by Gasteiger charge is 2.22. The van der Waals surface area contributed by atoms with Crippen molar-refractivity contribution in [1.82, 2.24) is 24.1 Å². The largest absolute Gasteiger partial charge is 0.480 e. The summed E-state index contributed by atoms with van der Waals surface area (Å²) in [7, 11) is -0.370. The van der Waals surface area contributed by atoms with E-state index in [1.807, 2.05) is 35.0 Å². The van der Waals surface area contributed by atoms with Crippen molar-refractivity contribution in [3.8, 4) is 35.0 Å². The molecule has 0 fully saturated rings. The monoisotopic (exact) mass is 567 g/mol. The zero-order valence-corrected chi connectivity index (χ0v) is 23.7. The zero-order valence-electron chi connectivity index (χ0n) is 22.9. The fourth-order valence-corrected chi connectivity index (χ4v) is 5.14. The number of rotatable bonds is 6. The Morgan fingerprint density at radius 1 is 1.02 bits per heavy atom. The predicted molar refractivity (Wildman–Crippen MR) is 153 cm³/mol. The number of hydrogen-bond donors (Lipinski definition) is 1. The van der Waals surface area contributed by atoms with Crippen LogP contribution in [0.2, 0.25) is 0 Å². The number of nitriles is 2. The number of nitrogens with zero attached hydrogens (tertiary/aromatic N) is 8. The van der Waals surface area contributed by atoms with Gasteiger partial charge in [0, 0.05) is 24.2 Å². The Morgan fingerprint density at radius 2 is 1.80 bits per heavy atom. The van der Waals surface area contributed by atoms with Gasteiger partial charge in [-0.15, -0.1) is 4.99 Å². The minimum Gasteiger partial charge on any atom is -0.480 e. The van der Waals surface area contributed by atoms with Crippen molar-refractivity contribution in [2.75, 3.05) is 18.1 Å². The maximum Gasteiger partial charge on any atom is 0.238 e. The summed E-state index contributed by atoms with van der Waals surface area (Å²) in [6.07, 6.45) is 7.90. The molecule has 0 unspecified atom stereocenters. The maximum absolute atomic E-state index is 11.9. The summed E-state index contributed by atoms with van der Waals surface area (Å²) in [5.41, 5.74) is 4.59. The first-order chi connectivity index (χ1) is 19.5. The summed E-state index contributed by atoms with van der Waals surface area (Å²) in [4.78, 5) is 17.6. The van der Waals surface area contributed by atoms with Crippen LogP contribution in [-0.4, -0.2) is 45.9 Å². The Balaban J connectivity index is 1.79. The topological polar surface area (TPSA) is 164 Å². The normalized spacial score (nSPS) is 12.3. The van der Waals surface area contributed by atoms with Gasteiger partial charge in [0.05, 0.1) is 65.2 Å². The molecule has 0 saturated carbocycles. The van der Waals surface area contributed by atoms with Crippen LogP contribution in [-0.2, 0) is 22.5 Å². The van der Waals surface area contributed by atoms with Crippen LogP contribution in [0.1, 0.15) is 19.5 Å². The van der Waals surface area contributed by atoms with Crippen LogP contribution in [0.4, 0.5) is 5.69 Å². The standard InChI is InChI=1S/C28H25N9O3S/c1-28(2,15-29)24-9-7-19(13-32-24)37-25-20-10-17(18-11-22(35-41(5,38)39)26(40-4)33-12-18)6-8-21(20)31-14-23(25)36(3)27(37)34-16-30/h6-14,35H,1-5H3. The molecule has 1 aromatic carbocycles. The number of methoxy groups -OCH3 is 1.